The number of aliphatic carboxylic acids is 1. The van der Waals surface area contributed by atoms with Gasteiger partial charge in [-0.15, -0.1) is 0 Å². The predicted molar refractivity (Wildman–Crippen MR) is 64.3 cm³/mol. The number of carboxylic acids is 1. The molecule has 0 aliphatic carbocycles. The number of benzene rings is 1. The molecule has 1 saturated heterocycles. The maximum absolute atomic E-state index is 12.2. The summed E-state index contributed by atoms with van der Waals surface area (Å²) in [6.07, 6.45) is 0.311. The minimum absolute atomic E-state index is 0. The van der Waals surface area contributed by atoms with Crippen LogP contribution in [0.3, 0.4) is 0 Å². The number of nitrogens with zero attached hydrogens (tertiary/aromatic N) is 1. The summed E-state index contributed by atoms with van der Waals surface area (Å²) in [5, 5.41) is 11.1. The van der Waals surface area contributed by atoms with Gasteiger partial charge in [-0.1, -0.05) is 30.3 Å². The number of hydrogen-bond acceptors (Lipinski definition) is 3. The normalized spacial score (nSPS) is 23.9. The van der Waals surface area contributed by atoms with E-state index in [0.717, 1.165) is 5.56 Å². The summed E-state index contributed by atoms with van der Waals surface area (Å²) in [4.78, 5) is 24.9. The summed E-state index contributed by atoms with van der Waals surface area (Å²) in [5.74, 6) is -1.63. The van der Waals surface area contributed by atoms with Crippen molar-refractivity contribution in [2.75, 3.05) is 6.54 Å². The van der Waals surface area contributed by atoms with Crippen LogP contribution in [-0.2, 0) is 9.59 Å². The molecule has 0 N–H and O–H groups in total. The minimum Gasteiger partial charge on any atom is -0.549 e. The molecule has 1 aliphatic rings. The van der Waals surface area contributed by atoms with E-state index >= 15 is 0 Å². The number of likely N-dealkylation sites (tertiary alicyclic amines) is 1. The minimum atomic E-state index is -1.37. The van der Waals surface area contributed by atoms with E-state index in [1.165, 1.54) is 6.92 Å². The average molecular weight is 285 g/mol. The first-order valence-corrected chi connectivity index (χ1v) is 6.04. The first kappa shape index (κ1) is 16.8. The molecular weight excluding hydrogens is 269 g/mol. The Morgan fingerprint density at radius 1 is 1.37 bits per heavy atom. The van der Waals surface area contributed by atoms with E-state index < -0.39 is 11.4 Å². The Morgan fingerprint density at radius 3 is 2.42 bits per heavy atom. The van der Waals surface area contributed by atoms with Crippen molar-refractivity contribution in [3.05, 3.63) is 35.9 Å². The van der Waals surface area contributed by atoms with Gasteiger partial charge < -0.3 is 14.8 Å². The van der Waals surface area contributed by atoms with Gasteiger partial charge in [-0.25, -0.2) is 0 Å². The Kier molecular flexibility index (Phi) is 5.76. The molecule has 1 aliphatic heterocycles. The second kappa shape index (κ2) is 6.50. The van der Waals surface area contributed by atoms with Crippen LogP contribution in [0, 0.1) is 5.41 Å². The smallest absolute Gasteiger partial charge is 0.549 e. The van der Waals surface area contributed by atoms with E-state index in [2.05, 4.69) is 0 Å². The van der Waals surface area contributed by atoms with E-state index in [9.17, 15) is 14.7 Å². The Labute approximate surface area is 155 Å². The number of carbonyl (C=O) groups is 2. The van der Waals surface area contributed by atoms with Crippen LogP contribution in [0.25, 0.3) is 0 Å². The van der Waals surface area contributed by atoms with Gasteiger partial charge in [0.05, 0.1) is 17.4 Å². The Morgan fingerprint density at radius 2 is 1.95 bits per heavy atom. The summed E-state index contributed by atoms with van der Waals surface area (Å²) in [5.41, 5.74) is -0.364. The monoisotopic (exact) mass is 285 g/mol. The van der Waals surface area contributed by atoms with Gasteiger partial charge in [-0.2, -0.15) is 0 Å². The largest absolute Gasteiger partial charge is 1.00 e. The molecule has 2 atom stereocenters. The molecule has 4 nitrogen and oxygen atoms in total. The molecule has 0 bridgehead atoms. The van der Waals surface area contributed by atoms with Crippen LogP contribution in [-0.4, -0.2) is 23.3 Å². The first-order valence-electron chi connectivity index (χ1n) is 6.04. The number of amides is 1. The third kappa shape index (κ3) is 3.11. The van der Waals surface area contributed by atoms with Gasteiger partial charge in [0.15, 0.2) is 0 Å². The molecule has 0 saturated carbocycles. The summed E-state index contributed by atoms with van der Waals surface area (Å²) >= 11 is 0. The van der Waals surface area contributed by atoms with Crippen molar-refractivity contribution in [2.45, 2.75) is 26.3 Å². The molecule has 0 radical (unpaired) electrons. The molecule has 2 rings (SSSR count). The van der Waals surface area contributed by atoms with E-state index in [0.29, 0.717) is 13.0 Å². The molecule has 96 valence electrons. The van der Waals surface area contributed by atoms with Gasteiger partial charge in [-0.05, 0) is 25.8 Å². The van der Waals surface area contributed by atoms with E-state index in [4.69, 9.17) is 0 Å². The number of carbonyl (C=O) groups excluding carboxylic acids is 2. The molecule has 1 fully saturated rings. The molecular formula is C14H16KNO3. The molecule has 1 unspecified atom stereocenters. The number of hydrogen-bond donors (Lipinski definition) is 0. The van der Waals surface area contributed by atoms with Crippen molar-refractivity contribution in [3.8, 4) is 0 Å². The van der Waals surface area contributed by atoms with Crippen molar-refractivity contribution >= 4 is 11.9 Å². The van der Waals surface area contributed by atoms with Crippen molar-refractivity contribution in [1.29, 1.82) is 0 Å². The quantitative estimate of drug-likeness (QED) is 0.465. The van der Waals surface area contributed by atoms with Crippen LogP contribution in [0.1, 0.15) is 31.9 Å². The molecule has 19 heavy (non-hydrogen) atoms. The van der Waals surface area contributed by atoms with E-state index in [1.54, 1.807) is 4.90 Å². The molecule has 1 aromatic rings. The van der Waals surface area contributed by atoms with Crippen molar-refractivity contribution in [2.24, 2.45) is 5.41 Å². The van der Waals surface area contributed by atoms with Crippen LogP contribution in [0.15, 0.2) is 30.3 Å². The maximum Gasteiger partial charge on any atom is 1.00 e. The third-order valence-corrected chi connectivity index (χ3v) is 3.79. The fourth-order valence-electron chi connectivity index (χ4n) is 2.34. The summed E-state index contributed by atoms with van der Waals surface area (Å²) in [6.45, 7) is 3.82. The molecule has 0 spiro atoms. The van der Waals surface area contributed by atoms with E-state index in [-0.39, 0.29) is 63.3 Å². The molecule has 5 heteroatoms. The van der Waals surface area contributed by atoms with Gasteiger partial charge >= 0.3 is 51.4 Å². The van der Waals surface area contributed by atoms with Crippen LogP contribution in [0.4, 0.5) is 0 Å². The first-order chi connectivity index (χ1) is 8.47. The summed E-state index contributed by atoms with van der Waals surface area (Å²) < 4.78 is 0. The van der Waals surface area contributed by atoms with Gasteiger partial charge in [0.1, 0.15) is 0 Å². The van der Waals surface area contributed by atoms with Gasteiger partial charge in [0, 0.05) is 6.54 Å². The van der Waals surface area contributed by atoms with Crippen molar-refractivity contribution in [1.82, 2.24) is 4.90 Å². The van der Waals surface area contributed by atoms with Gasteiger partial charge in [0.25, 0.3) is 0 Å². The van der Waals surface area contributed by atoms with Crippen LogP contribution in [0.5, 0.6) is 0 Å². The summed E-state index contributed by atoms with van der Waals surface area (Å²) in [7, 11) is 0. The second-order valence-electron chi connectivity index (χ2n) is 4.95. The van der Waals surface area contributed by atoms with Crippen LogP contribution in [0.2, 0.25) is 0 Å². The fourth-order valence-corrected chi connectivity index (χ4v) is 2.34. The average Bonchev–Trinajstić information content (AvgIpc) is 2.68. The summed E-state index contributed by atoms with van der Waals surface area (Å²) in [6, 6.07) is 9.49. The Bertz CT molecular complexity index is 477. The maximum atomic E-state index is 12.2. The fraction of sp³-hybridized carbons (Fsp3) is 0.429. The predicted octanol–water partition coefficient (Wildman–Crippen LogP) is -2.26. The Hall–Kier alpha value is -0.204. The number of carboxylic acid groups (broad SMARTS) is 1. The van der Waals surface area contributed by atoms with Gasteiger partial charge in [0.2, 0.25) is 5.91 Å². The SMILES string of the molecule is C[C@H](c1ccccc1)N1CCC(C)(C(=O)[O-])C1=O.[K+]. The Balaban J connectivity index is 0.00000180. The van der Waals surface area contributed by atoms with Crippen molar-refractivity contribution < 1.29 is 66.1 Å². The zero-order valence-electron chi connectivity index (χ0n) is 11.6. The third-order valence-electron chi connectivity index (χ3n) is 3.79. The van der Waals surface area contributed by atoms with Crippen molar-refractivity contribution in [3.63, 3.8) is 0 Å². The van der Waals surface area contributed by atoms with Crippen LogP contribution >= 0.6 is 0 Å². The molecule has 0 aromatic heterocycles. The zero-order chi connectivity index (χ0) is 13.3. The van der Waals surface area contributed by atoms with E-state index in [1.807, 2.05) is 37.3 Å². The van der Waals surface area contributed by atoms with Gasteiger partial charge in [-0.3, -0.25) is 4.79 Å². The number of rotatable bonds is 3. The molecule has 1 aromatic carbocycles. The zero-order valence-corrected chi connectivity index (χ0v) is 14.7. The van der Waals surface area contributed by atoms with Crippen LogP contribution < -0.4 is 56.5 Å². The standard InChI is InChI=1S/C14H17NO3.K/c1-10(11-6-4-3-5-7-11)15-9-8-14(2,12(15)16)13(17)18;/h3-7,10H,8-9H2,1-2H3,(H,17,18);/q;+1/p-1/t10-,14?;/m1./s1. The molecule has 1 amide bonds. The second-order valence-corrected chi connectivity index (χ2v) is 4.95. The molecule has 1 heterocycles. The topological polar surface area (TPSA) is 60.4 Å².